The van der Waals surface area contributed by atoms with Crippen LogP contribution in [0.25, 0.3) is 28.1 Å². The van der Waals surface area contributed by atoms with Gasteiger partial charge < -0.3 is 18.9 Å². The summed E-state index contributed by atoms with van der Waals surface area (Å²) in [5.74, 6) is 2.31. The number of fused-ring (bicyclic) bond motifs is 3. The first-order valence-electron chi connectivity index (χ1n) is 10.2. The van der Waals surface area contributed by atoms with Crippen molar-refractivity contribution in [1.82, 2.24) is 24.5 Å². The fourth-order valence-electron chi connectivity index (χ4n) is 3.64. The van der Waals surface area contributed by atoms with Crippen molar-refractivity contribution in [3.8, 4) is 11.6 Å². The van der Waals surface area contributed by atoms with Crippen LogP contribution in [0.2, 0.25) is 5.02 Å². The number of hydrogen-bond donors (Lipinski definition) is 0. The molecule has 3 heterocycles. The van der Waals surface area contributed by atoms with E-state index in [1.54, 1.807) is 20.5 Å². The highest BCUT2D eigenvalue weighted by Gasteiger charge is 2.30. The molecule has 1 aromatic carbocycles. The van der Waals surface area contributed by atoms with Crippen LogP contribution in [-0.4, -0.2) is 65.0 Å². The van der Waals surface area contributed by atoms with E-state index in [-0.39, 0.29) is 0 Å². The molecular weight excluding hydrogens is 420 g/mol. The number of ether oxygens (including phenoxy) is 2. The minimum Gasteiger partial charge on any atom is -0.383 e. The van der Waals surface area contributed by atoms with Gasteiger partial charge in [-0.05, 0) is 31.0 Å². The van der Waals surface area contributed by atoms with Gasteiger partial charge in [-0.2, -0.15) is 4.98 Å². The molecule has 1 fully saturated rings. The molecule has 0 saturated heterocycles. The molecule has 0 atom stereocenters. The summed E-state index contributed by atoms with van der Waals surface area (Å²) in [5.41, 5.74) is 2.15. The zero-order valence-corrected chi connectivity index (χ0v) is 18.2. The Morgan fingerprint density at radius 3 is 2.65 bits per heavy atom. The standard InChI is InChI=1S/C21H23ClN6O3/c1-29-9-7-27(8-10-30-2)19-15-11-14(22)5-6-16(15)28-12-23-17(20(28)25-19)21-24-18(26-31-21)13-3-4-13/h5-6,11-13H,3-4,7-10H2,1-2H3. The molecule has 1 aliphatic rings. The molecule has 31 heavy (non-hydrogen) atoms. The molecule has 0 amide bonds. The largest absolute Gasteiger partial charge is 0.383 e. The van der Waals surface area contributed by atoms with Crippen LogP contribution in [0.15, 0.2) is 29.0 Å². The van der Waals surface area contributed by atoms with Gasteiger partial charge in [-0.3, -0.25) is 4.40 Å². The molecule has 0 unspecified atom stereocenters. The van der Waals surface area contributed by atoms with E-state index in [9.17, 15) is 0 Å². The lowest BCUT2D eigenvalue weighted by molar-refractivity contribution is 0.190. The van der Waals surface area contributed by atoms with E-state index in [2.05, 4.69) is 20.0 Å². The lowest BCUT2D eigenvalue weighted by Crippen LogP contribution is -2.31. The van der Waals surface area contributed by atoms with Crippen LogP contribution in [-0.2, 0) is 9.47 Å². The highest BCUT2D eigenvalue weighted by atomic mass is 35.5. The summed E-state index contributed by atoms with van der Waals surface area (Å²) in [6, 6.07) is 5.75. The van der Waals surface area contributed by atoms with Gasteiger partial charge in [-0.1, -0.05) is 16.8 Å². The average Bonchev–Trinajstić information content (AvgIpc) is 3.35. The van der Waals surface area contributed by atoms with Gasteiger partial charge in [-0.15, -0.1) is 0 Å². The highest BCUT2D eigenvalue weighted by molar-refractivity contribution is 6.31. The van der Waals surface area contributed by atoms with E-state index < -0.39 is 0 Å². The van der Waals surface area contributed by atoms with Crippen molar-refractivity contribution in [2.45, 2.75) is 18.8 Å². The van der Waals surface area contributed by atoms with Gasteiger partial charge in [0.05, 0.1) is 18.7 Å². The maximum atomic E-state index is 6.34. The summed E-state index contributed by atoms with van der Waals surface area (Å²) in [4.78, 5) is 16.2. The van der Waals surface area contributed by atoms with E-state index in [1.165, 1.54) is 0 Å². The quantitative estimate of drug-likeness (QED) is 0.388. The third kappa shape index (κ3) is 3.84. The lowest BCUT2D eigenvalue weighted by Gasteiger charge is -2.25. The van der Waals surface area contributed by atoms with E-state index in [0.717, 1.165) is 35.4 Å². The number of imidazole rings is 1. The normalized spacial score (nSPS) is 14.0. The molecule has 5 rings (SSSR count). The molecule has 9 nitrogen and oxygen atoms in total. The van der Waals surface area contributed by atoms with Gasteiger partial charge in [0.25, 0.3) is 5.89 Å². The van der Waals surface area contributed by atoms with Crippen LogP contribution in [0.3, 0.4) is 0 Å². The van der Waals surface area contributed by atoms with Crippen LogP contribution >= 0.6 is 11.6 Å². The molecule has 0 bridgehead atoms. The SMILES string of the molecule is COCCN(CCOC)c1nc2c(-c3nc(C4CC4)no3)ncn2c2ccc(Cl)cc12. The second kappa shape index (κ2) is 8.41. The third-order valence-electron chi connectivity index (χ3n) is 5.43. The Bertz CT molecular complexity index is 1210. The smallest absolute Gasteiger partial charge is 0.280 e. The maximum Gasteiger partial charge on any atom is 0.280 e. The summed E-state index contributed by atoms with van der Waals surface area (Å²) in [6.45, 7) is 2.42. The number of hydrogen-bond acceptors (Lipinski definition) is 8. The molecule has 1 saturated carbocycles. The zero-order chi connectivity index (χ0) is 21.4. The number of nitrogens with zero attached hydrogens (tertiary/aromatic N) is 6. The second-order valence-corrected chi connectivity index (χ2v) is 8.02. The van der Waals surface area contributed by atoms with Crippen LogP contribution in [0.1, 0.15) is 24.6 Å². The highest BCUT2D eigenvalue weighted by Crippen LogP contribution is 2.39. The molecule has 0 radical (unpaired) electrons. The Morgan fingerprint density at radius 1 is 1.16 bits per heavy atom. The number of aromatic nitrogens is 5. The molecule has 0 spiro atoms. The Labute approximate surface area is 183 Å². The van der Waals surface area contributed by atoms with Crippen LogP contribution < -0.4 is 4.90 Å². The fourth-order valence-corrected chi connectivity index (χ4v) is 3.81. The first-order chi connectivity index (χ1) is 15.2. The van der Waals surface area contributed by atoms with Gasteiger partial charge in [-0.25, -0.2) is 9.97 Å². The van der Waals surface area contributed by atoms with E-state index in [4.69, 9.17) is 30.6 Å². The number of halogens is 1. The third-order valence-corrected chi connectivity index (χ3v) is 5.67. The Morgan fingerprint density at radius 2 is 1.94 bits per heavy atom. The van der Waals surface area contributed by atoms with E-state index >= 15 is 0 Å². The van der Waals surface area contributed by atoms with Gasteiger partial charge >= 0.3 is 0 Å². The van der Waals surface area contributed by atoms with Crippen LogP contribution in [0.4, 0.5) is 5.82 Å². The Hall–Kier alpha value is -2.75. The van der Waals surface area contributed by atoms with Crippen molar-refractivity contribution in [2.24, 2.45) is 0 Å². The molecule has 3 aromatic heterocycles. The summed E-state index contributed by atoms with van der Waals surface area (Å²) in [5, 5.41) is 5.68. The Balaban J connectivity index is 1.68. The van der Waals surface area contributed by atoms with Gasteiger partial charge in [0, 0.05) is 43.6 Å². The van der Waals surface area contributed by atoms with Crippen molar-refractivity contribution in [1.29, 1.82) is 0 Å². The van der Waals surface area contributed by atoms with Crippen molar-refractivity contribution in [2.75, 3.05) is 45.4 Å². The summed E-state index contributed by atoms with van der Waals surface area (Å²) >= 11 is 6.34. The average molecular weight is 443 g/mol. The topological polar surface area (TPSA) is 90.8 Å². The molecule has 1 aliphatic carbocycles. The lowest BCUT2D eigenvalue weighted by atomic mass is 10.2. The van der Waals surface area contributed by atoms with Crippen molar-refractivity contribution in [3.05, 3.63) is 35.4 Å². The predicted molar refractivity (Wildman–Crippen MR) is 117 cm³/mol. The molecule has 162 valence electrons. The van der Waals surface area contributed by atoms with Crippen molar-refractivity contribution >= 4 is 34.0 Å². The Kier molecular flexibility index (Phi) is 5.47. The van der Waals surface area contributed by atoms with Crippen LogP contribution in [0.5, 0.6) is 0 Å². The number of anilines is 1. The first kappa shape index (κ1) is 20.2. The summed E-state index contributed by atoms with van der Waals surface area (Å²) in [6.07, 6.45) is 3.93. The summed E-state index contributed by atoms with van der Waals surface area (Å²) < 4.78 is 18.1. The maximum absolute atomic E-state index is 6.34. The number of methoxy groups -OCH3 is 2. The van der Waals surface area contributed by atoms with E-state index in [0.29, 0.717) is 54.5 Å². The van der Waals surface area contributed by atoms with Gasteiger partial charge in [0.2, 0.25) is 0 Å². The molecule has 0 aliphatic heterocycles. The minimum absolute atomic E-state index is 0.386. The first-order valence-corrected chi connectivity index (χ1v) is 10.6. The fraction of sp³-hybridized carbons (Fsp3) is 0.429. The van der Waals surface area contributed by atoms with Gasteiger partial charge in [0.15, 0.2) is 17.2 Å². The molecular formula is C21H23ClN6O3. The number of benzene rings is 1. The monoisotopic (exact) mass is 442 g/mol. The molecule has 10 heteroatoms. The molecule has 0 N–H and O–H groups in total. The zero-order valence-electron chi connectivity index (χ0n) is 17.4. The van der Waals surface area contributed by atoms with E-state index in [1.807, 2.05) is 22.6 Å². The van der Waals surface area contributed by atoms with Crippen molar-refractivity contribution < 1.29 is 14.0 Å². The van der Waals surface area contributed by atoms with Crippen LogP contribution in [0, 0.1) is 0 Å². The molecule has 4 aromatic rings. The minimum atomic E-state index is 0.386. The summed E-state index contributed by atoms with van der Waals surface area (Å²) in [7, 11) is 3.37. The number of rotatable bonds is 9. The predicted octanol–water partition coefficient (Wildman–Crippen LogP) is 3.56. The van der Waals surface area contributed by atoms with Gasteiger partial charge in [0.1, 0.15) is 12.1 Å². The van der Waals surface area contributed by atoms with Crippen molar-refractivity contribution in [3.63, 3.8) is 0 Å². The second-order valence-electron chi connectivity index (χ2n) is 7.59.